The van der Waals surface area contributed by atoms with Crippen molar-refractivity contribution < 1.29 is 4.74 Å². The molecule has 0 bridgehead atoms. The van der Waals surface area contributed by atoms with E-state index in [4.69, 9.17) is 9.73 Å². The smallest absolute Gasteiger partial charge is 0.194 e. The summed E-state index contributed by atoms with van der Waals surface area (Å²) in [6.45, 7) is 9.61. The summed E-state index contributed by atoms with van der Waals surface area (Å²) >= 11 is 0. The average molecular weight is 474 g/mol. The molecule has 1 aromatic carbocycles. The molecule has 1 N–H and O–H groups in total. The van der Waals surface area contributed by atoms with Crippen LogP contribution in [0, 0.1) is 0 Å². The van der Waals surface area contributed by atoms with Crippen molar-refractivity contribution in [1.82, 2.24) is 15.1 Å². The Morgan fingerprint density at radius 3 is 2.31 bits per heavy atom. The molecular formula is C20H35IN4O. The lowest BCUT2D eigenvalue weighted by Gasteiger charge is -2.34. The van der Waals surface area contributed by atoms with Crippen LogP contribution in [0.5, 0.6) is 0 Å². The zero-order chi connectivity index (χ0) is 18.1. The zero-order valence-corrected chi connectivity index (χ0v) is 19.0. The van der Waals surface area contributed by atoms with Crippen LogP contribution in [0.4, 0.5) is 0 Å². The third kappa shape index (κ3) is 7.80. The minimum atomic E-state index is 0. The van der Waals surface area contributed by atoms with E-state index in [1.807, 2.05) is 0 Å². The fourth-order valence-corrected chi connectivity index (χ4v) is 3.18. The van der Waals surface area contributed by atoms with E-state index in [1.165, 1.54) is 11.1 Å². The van der Waals surface area contributed by atoms with E-state index in [-0.39, 0.29) is 24.0 Å². The molecule has 2 rings (SSSR count). The fraction of sp³-hybridized carbons (Fsp3) is 0.650. The summed E-state index contributed by atoms with van der Waals surface area (Å²) in [6, 6.07) is 8.77. The van der Waals surface area contributed by atoms with Gasteiger partial charge in [0.1, 0.15) is 0 Å². The molecule has 1 saturated heterocycles. The second-order valence-corrected chi connectivity index (χ2v) is 6.87. The summed E-state index contributed by atoms with van der Waals surface area (Å²) in [4.78, 5) is 9.39. The predicted octanol–water partition coefficient (Wildman–Crippen LogP) is 3.33. The first-order valence-electron chi connectivity index (χ1n) is 9.49. The molecule has 0 aromatic heterocycles. The Morgan fingerprint density at radius 1 is 1.15 bits per heavy atom. The number of guanidine groups is 1. The lowest BCUT2D eigenvalue weighted by atomic mass is 10.1. The van der Waals surface area contributed by atoms with Crippen LogP contribution in [0.3, 0.4) is 0 Å². The molecule has 0 unspecified atom stereocenters. The van der Waals surface area contributed by atoms with Crippen LogP contribution >= 0.6 is 24.0 Å². The maximum absolute atomic E-state index is 5.75. The van der Waals surface area contributed by atoms with Crippen LogP contribution in [0.2, 0.25) is 0 Å². The van der Waals surface area contributed by atoms with E-state index >= 15 is 0 Å². The van der Waals surface area contributed by atoms with E-state index in [9.17, 15) is 0 Å². The Hall–Kier alpha value is -0.860. The summed E-state index contributed by atoms with van der Waals surface area (Å²) in [5.74, 6) is 1.02. The number of nitrogens with one attached hydrogen (secondary N) is 1. The first-order valence-corrected chi connectivity index (χ1v) is 9.49. The molecule has 6 heteroatoms. The highest BCUT2D eigenvalue weighted by Crippen LogP contribution is 2.14. The Labute approximate surface area is 176 Å². The topological polar surface area (TPSA) is 40.1 Å². The van der Waals surface area contributed by atoms with Gasteiger partial charge in [0.15, 0.2) is 5.96 Å². The molecule has 0 aliphatic carbocycles. The number of ether oxygens (including phenoxy) is 1. The highest BCUT2D eigenvalue weighted by atomic mass is 127. The number of likely N-dealkylation sites (tertiary alicyclic amines) is 1. The molecule has 5 nitrogen and oxygen atoms in total. The summed E-state index contributed by atoms with van der Waals surface area (Å²) in [5.41, 5.74) is 2.59. The summed E-state index contributed by atoms with van der Waals surface area (Å²) in [7, 11) is 4.19. The Bertz CT molecular complexity index is 525. The number of hydrogen-bond donors (Lipinski definition) is 1. The zero-order valence-electron chi connectivity index (χ0n) is 16.7. The van der Waals surface area contributed by atoms with Crippen molar-refractivity contribution in [3.63, 3.8) is 0 Å². The summed E-state index contributed by atoms with van der Waals surface area (Å²) < 4.78 is 5.75. The molecule has 148 valence electrons. The molecule has 0 atom stereocenters. The Kier molecular flexibility index (Phi) is 11.2. The lowest BCUT2D eigenvalue weighted by Crippen LogP contribution is -2.47. The van der Waals surface area contributed by atoms with Gasteiger partial charge in [-0.2, -0.15) is 0 Å². The fourth-order valence-electron chi connectivity index (χ4n) is 3.18. The number of nitrogens with zero attached hydrogens (tertiary/aromatic N) is 3. The third-order valence-corrected chi connectivity index (χ3v) is 4.41. The maximum atomic E-state index is 5.75. The molecule has 0 saturated carbocycles. The monoisotopic (exact) mass is 474 g/mol. The van der Waals surface area contributed by atoms with Gasteiger partial charge >= 0.3 is 0 Å². The second-order valence-electron chi connectivity index (χ2n) is 6.87. The van der Waals surface area contributed by atoms with E-state index in [1.54, 1.807) is 0 Å². The van der Waals surface area contributed by atoms with Crippen molar-refractivity contribution in [2.75, 3.05) is 40.3 Å². The number of piperidine rings is 1. The number of rotatable bonds is 7. The highest BCUT2D eigenvalue weighted by Gasteiger charge is 2.21. The van der Waals surface area contributed by atoms with Gasteiger partial charge in [-0.3, -0.25) is 0 Å². The number of halogens is 1. The van der Waals surface area contributed by atoms with Gasteiger partial charge < -0.3 is 19.9 Å². The number of hydrogen-bond acceptors (Lipinski definition) is 3. The summed E-state index contributed by atoms with van der Waals surface area (Å²) in [5, 5.41) is 3.44. The minimum absolute atomic E-state index is 0. The molecule has 0 radical (unpaired) electrons. The van der Waals surface area contributed by atoms with Gasteiger partial charge in [-0.05, 0) is 51.9 Å². The molecule has 0 amide bonds. The maximum Gasteiger partial charge on any atom is 0.194 e. The van der Waals surface area contributed by atoms with Crippen LogP contribution in [-0.2, 0) is 17.8 Å². The second kappa shape index (κ2) is 12.5. The quantitative estimate of drug-likeness (QED) is 0.374. The lowest BCUT2D eigenvalue weighted by molar-refractivity contribution is 0.0263. The average Bonchev–Trinajstić information content (AvgIpc) is 2.60. The predicted molar refractivity (Wildman–Crippen MR) is 120 cm³/mol. The Morgan fingerprint density at radius 2 is 1.77 bits per heavy atom. The largest absolute Gasteiger partial charge is 0.378 e. The molecule has 0 spiro atoms. The molecule has 1 heterocycles. The Balaban J connectivity index is 0.00000338. The van der Waals surface area contributed by atoms with Gasteiger partial charge in [0.2, 0.25) is 0 Å². The van der Waals surface area contributed by atoms with Crippen molar-refractivity contribution >= 4 is 29.9 Å². The van der Waals surface area contributed by atoms with Gasteiger partial charge in [0.05, 0.1) is 12.6 Å². The van der Waals surface area contributed by atoms with Crippen molar-refractivity contribution in [1.29, 1.82) is 0 Å². The third-order valence-electron chi connectivity index (χ3n) is 4.41. The SMILES string of the molecule is CCNC(=NCc1ccc(CN(C)C)cc1)N1CCC(OCC)CC1.I. The van der Waals surface area contributed by atoms with E-state index in [0.717, 1.165) is 58.1 Å². The van der Waals surface area contributed by atoms with Gasteiger partial charge in [-0.25, -0.2) is 4.99 Å². The first kappa shape index (κ1) is 23.2. The molecule has 1 aliphatic rings. The van der Waals surface area contributed by atoms with Crippen LogP contribution < -0.4 is 5.32 Å². The number of aliphatic imine (C=N–C) groups is 1. The normalized spacial score (nSPS) is 15.9. The van der Waals surface area contributed by atoms with Crippen molar-refractivity contribution in [2.45, 2.75) is 45.9 Å². The number of benzene rings is 1. The molecule has 1 fully saturated rings. The molecule has 26 heavy (non-hydrogen) atoms. The van der Waals surface area contributed by atoms with Crippen LogP contribution in [-0.4, -0.2) is 62.2 Å². The van der Waals surface area contributed by atoms with Gasteiger partial charge in [-0.1, -0.05) is 24.3 Å². The van der Waals surface area contributed by atoms with Crippen molar-refractivity contribution in [3.8, 4) is 0 Å². The van der Waals surface area contributed by atoms with Gasteiger partial charge in [0.25, 0.3) is 0 Å². The van der Waals surface area contributed by atoms with Crippen molar-refractivity contribution in [2.24, 2.45) is 4.99 Å². The van der Waals surface area contributed by atoms with E-state index in [2.05, 4.69) is 67.3 Å². The minimum Gasteiger partial charge on any atom is -0.378 e. The van der Waals surface area contributed by atoms with Crippen LogP contribution in [0.25, 0.3) is 0 Å². The summed E-state index contributed by atoms with van der Waals surface area (Å²) in [6.07, 6.45) is 2.57. The van der Waals surface area contributed by atoms with Gasteiger partial charge in [-0.15, -0.1) is 24.0 Å². The molecular weight excluding hydrogens is 439 g/mol. The van der Waals surface area contributed by atoms with Crippen LogP contribution in [0.1, 0.15) is 37.8 Å². The van der Waals surface area contributed by atoms with Gasteiger partial charge in [0, 0.05) is 32.8 Å². The molecule has 1 aromatic rings. The van der Waals surface area contributed by atoms with E-state index in [0.29, 0.717) is 6.10 Å². The highest BCUT2D eigenvalue weighted by molar-refractivity contribution is 14.0. The van der Waals surface area contributed by atoms with Crippen LogP contribution in [0.15, 0.2) is 29.3 Å². The van der Waals surface area contributed by atoms with Crippen molar-refractivity contribution in [3.05, 3.63) is 35.4 Å². The molecule has 1 aliphatic heterocycles. The van der Waals surface area contributed by atoms with E-state index < -0.39 is 0 Å². The first-order chi connectivity index (χ1) is 12.1. The standard InChI is InChI=1S/C20H34N4O.HI/c1-5-21-20(24-13-11-19(12-14-24)25-6-2)22-15-17-7-9-18(10-8-17)16-23(3)4;/h7-10,19H,5-6,11-16H2,1-4H3,(H,21,22);1H.